The number of hydrogen-bond donors (Lipinski definition) is 1. The third-order valence-electron chi connectivity index (χ3n) is 2.91. The lowest BCUT2D eigenvalue weighted by Crippen LogP contribution is -1.95. The number of H-pyrrole nitrogens is 1. The maximum Gasteiger partial charge on any atom is 0.193 e. The van der Waals surface area contributed by atoms with Crippen LogP contribution in [0, 0.1) is 0 Å². The van der Waals surface area contributed by atoms with Crippen LogP contribution in [0.1, 0.15) is 10.4 Å². The molecule has 76 valence electrons. The summed E-state index contributed by atoms with van der Waals surface area (Å²) in [6.07, 6.45) is 0. The SMILES string of the molecule is BC(=O)c1ccc2[nH]c3ccccc3c2c1. The van der Waals surface area contributed by atoms with Gasteiger partial charge in [0.1, 0.15) is 5.68 Å². The smallest absolute Gasteiger partial charge is 0.193 e. The van der Waals surface area contributed by atoms with E-state index in [2.05, 4.69) is 11.1 Å². The van der Waals surface area contributed by atoms with E-state index in [1.54, 1.807) is 7.85 Å². The van der Waals surface area contributed by atoms with E-state index >= 15 is 0 Å². The van der Waals surface area contributed by atoms with Crippen molar-refractivity contribution in [2.45, 2.75) is 0 Å². The van der Waals surface area contributed by atoms with Crippen LogP contribution >= 0.6 is 0 Å². The minimum Gasteiger partial charge on any atom is -0.355 e. The Kier molecular flexibility index (Phi) is 1.87. The second-order valence-electron chi connectivity index (χ2n) is 3.99. The summed E-state index contributed by atoms with van der Waals surface area (Å²) in [6, 6.07) is 13.9. The lowest BCUT2D eigenvalue weighted by atomic mass is 9.94. The van der Waals surface area contributed by atoms with Crippen molar-refractivity contribution in [2.24, 2.45) is 0 Å². The zero-order valence-electron chi connectivity index (χ0n) is 8.95. The van der Waals surface area contributed by atoms with Crippen LogP contribution in [0.5, 0.6) is 0 Å². The van der Waals surface area contributed by atoms with Gasteiger partial charge in [0.05, 0.1) is 0 Å². The first-order valence-electron chi connectivity index (χ1n) is 5.27. The van der Waals surface area contributed by atoms with Gasteiger partial charge in [-0.25, -0.2) is 0 Å². The molecule has 0 amide bonds. The predicted molar refractivity (Wildman–Crippen MR) is 68.7 cm³/mol. The molecule has 2 aromatic carbocycles. The van der Waals surface area contributed by atoms with Crippen LogP contribution in [0.25, 0.3) is 21.8 Å². The summed E-state index contributed by atoms with van der Waals surface area (Å²) in [5.41, 5.74) is 3.05. The molecule has 1 aromatic heterocycles. The van der Waals surface area contributed by atoms with Crippen molar-refractivity contribution in [1.29, 1.82) is 0 Å². The van der Waals surface area contributed by atoms with E-state index < -0.39 is 0 Å². The molecule has 3 rings (SSSR count). The molecule has 0 radical (unpaired) electrons. The Morgan fingerprint density at radius 2 is 1.75 bits per heavy atom. The fourth-order valence-corrected chi connectivity index (χ4v) is 2.07. The third kappa shape index (κ3) is 1.25. The highest BCUT2D eigenvalue weighted by Gasteiger charge is 2.05. The number of rotatable bonds is 1. The molecular weight excluding hydrogens is 197 g/mol. The number of carbonyl (C=O) groups is 1. The highest BCUT2D eigenvalue weighted by atomic mass is 16.1. The summed E-state index contributed by atoms with van der Waals surface area (Å²) in [4.78, 5) is 14.7. The lowest BCUT2D eigenvalue weighted by Gasteiger charge is -1.96. The Morgan fingerprint density at radius 1 is 1.00 bits per heavy atom. The number of aromatic nitrogens is 1. The zero-order chi connectivity index (χ0) is 11.1. The van der Waals surface area contributed by atoms with Gasteiger partial charge in [0.15, 0.2) is 7.85 Å². The van der Waals surface area contributed by atoms with E-state index in [9.17, 15) is 4.79 Å². The first-order chi connectivity index (χ1) is 7.75. The van der Waals surface area contributed by atoms with Gasteiger partial charge in [-0.2, -0.15) is 0 Å². The van der Waals surface area contributed by atoms with E-state index in [1.165, 1.54) is 5.39 Å². The molecule has 16 heavy (non-hydrogen) atoms. The fourth-order valence-electron chi connectivity index (χ4n) is 2.07. The highest BCUT2D eigenvalue weighted by Crippen LogP contribution is 2.25. The molecule has 0 bridgehead atoms. The van der Waals surface area contributed by atoms with Crippen molar-refractivity contribution in [3.63, 3.8) is 0 Å². The number of benzene rings is 2. The van der Waals surface area contributed by atoms with E-state index in [0.717, 1.165) is 22.0 Å². The average Bonchev–Trinajstić information content (AvgIpc) is 2.66. The van der Waals surface area contributed by atoms with Gasteiger partial charge in [0, 0.05) is 27.4 Å². The maximum atomic E-state index is 11.3. The lowest BCUT2D eigenvalue weighted by molar-refractivity contribution is 0.108. The molecule has 0 spiro atoms. The second-order valence-corrected chi connectivity index (χ2v) is 3.99. The normalized spacial score (nSPS) is 11.0. The molecule has 2 nitrogen and oxygen atoms in total. The summed E-state index contributed by atoms with van der Waals surface area (Å²) in [5.74, 6) is 0. The van der Waals surface area contributed by atoms with Crippen LogP contribution in [0.15, 0.2) is 42.5 Å². The van der Waals surface area contributed by atoms with E-state index in [0.29, 0.717) is 0 Å². The summed E-state index contributed by atoms with van der Waals surface area (Å²) >= 11 is 0. The standard InChI is InChI=1S/C13H10BNO/c14-13(16)8-5-6-12-10(7-8)9-3-1-2-4-11(9)15-12/h1-7,15H,14H2. The molecule has 0 saturated heterocycles. The number of hydrogen-bond acceptors (Lipinski definition) is 1. The van der Waals surface area contributed by atoms with E-state index in [1.807, 2.05) is 36.4 Å². The van der Waals surface area contributed by atoms with Gasteiger partial charge in [-0.1, -0.05) is 24.3 Å². The Morgan fingerprint density at radius 3 is 2.56 bits per heavy atom. The van der Waals surface area contributed by atoms with Crippen molar-refractivity contribution >= 4 is 35.3 Å². The molecule has 0 aliphatic rings. The second kappa shape index (κ2) is 3.24. The van der Waals surface area contributed by atoms with Crippen LogP contribution in [0.2, 0.25) is 0 Å². The van der Waals surface area contributed by atoms with Crippen molar-refractivity contribution < 1.29 is 4.79 Å². The van der Waals surface area contributed by atoms with Crippen LogP contribution in [0.3, 0.4) is 0 Å². The van der Waals surface area contributed by atoms with Gasteiger partial charge in [0.25, 0.3) is 0 Å². The number of aromatic amines is 1. The molecule has 0 aliphatic heterocycles. The number of fused-ring (bicyclic) bond motifs is 3. The topological polar surface area (TPSA) is 32.9 Å². The molecule has 0 unspecified atom stereocenters. The molecule has 3 heteroatoms. The Labute approximate surface area is 93.7 Å². The van der Waals surface area contributed by atoms with Gasteiger partial charge in [0.2, 0.25) is 0 Å². The van der Waals surface area contributed by atoms with E-state index in [-0.39, 0.29) is 5.68 Å². The van der Waals surface area contributed by atoms with Crippen molar-refractivity contribution in [3.8, 4) is 0 Å². The molecular formula is C13H10BNO. The minimum atomic E-state index is 0.104. The minimum absolute atomic E-state index is 0.104. The Hall–Kier alpha value is -2.03. The van der Waals surface area contributed by atoms with Crippen LogP contribution in [-0.4, -0.2) is 18.5 Å². The molecule has 0 atom stereocenters. The molecule has 0 fully saturated rings. The third-order valence-corrected chi connectivity index (χ3v) is 2.91. The zero-order valence-corrected chi connectivity index (χ0v) is 8.95. The van der Waals surface area contributed by atoms with Crippen molar-refractivity contribution in [1.82, 2.24) is 4.98 Å². The largest absolute Gasteiger partial charge is 0.355 e. The summed E-state index contributed by atoms with van der Waals surface area (Å²) < 4.78 is 0. The van der Waals surface area contributed by atoms with Crippen LogP contribution in [-0.2, 0) is 0 Å². The first-order valence-corrected chi connectivity index (χ1v) is 5.27. The van der Waals surface area contributed by atoms with Gasteiger partial charge >= 0.3 is 0 Å². The monoisotopic (exact) mass is 207 g/mol. The number of nitrogens with one attached hydrogen (secondary N) is 1. The molecule has 0 aliphatic carbocycles. The Balaban J connectivity index is 2.44. The maximum absolute atomic E-state index is 11.3. The molecule has 1 N–H and O–H groups in total. The number of para-hydroxylation sites is 1. The van der Waals surface area contributed by atoms with Crippen LogP contribution < -0.4 is 0 Å². The van der Waals surface area contributed by atoms with Gasteiger partial charge in [-0.15, -0.1) is 0 Å². The Bertz CT molecular complexity index is 699. The highest BCUT2D eigenvalue weighted by molar-refractivity contribution is 6.62. The van der Waals surface area contributed by atoms with Crippen molar-refractivity contribution in [3.05, 3.63) is 48.0 Å². The van der Waals surface area contributed by atoms with Gasteiger partial charge in [-0.05, 0) is 18.2 Å². The van der Waals surface area contributed by atoms with Crippen molar-refractivity contribution in [2.75, 3.05) is 0 Å². The van der Waals surface area contributed by atoms with E-state index in [4.69, 9.17) is 0 Å². The fraction of sp³-hybridized carbons (Fsp3) is 0. The van der Waals surface area contributed by atoms with Gasteiger partial charge in [-0.3, -0.25) is 0 Å². The average molecular weight is 207 g/mol. The first kappa shape index (κ1) is 9.22. The number of carbonyl (C=O) groups excluding carboxylic acids is 1. The predicted octanol–water partition coefficient (Wildman–Crippen LogP) is 2.09. The summed E-state index contributed by atoms with van der Waals surface area (Å²) in [6.45, 7) is 0. The molecule has 1 heterocycles. The summed E-state index contributed by atoms with van der Waals surface area (Å²) in [5, 5.41) is 2.28. The van der Waals surface area contributed by atoms with Gasteiger partial charge < -0.3 is 9.78 Å². The quantitative estimate of drug-likeness (QED) is 0.609. The van der Waals surface area contributed by atoms with Crippen LogP contribution in [0.4, 0.5) is 0 Å². The molecule has 0 saturated carbocycles. The molecule has 3 aromatic rings. The summed E-state index contributed by atoms with van der Waals surface area (Å²) in [7, 11) is 1.59.